The predicted octanol–water partition coefficient (Wildman–Crippen LogP) is 4.18. The van der Waals surface area contributed by atoms with E-state index in [-0.39, 0.29) is 0 Å². The molecular formula is C15H21BrN2S. The van der Waals surface area contributed by atoms with Crippen LogP contribution in [0, 0.1) is 16.7 Å². The first-order valence-corrected chi connectivity index (χ1v) is 7.71. The number of rotatable bonds is 4. The molecule has 3 N–H and O–H groups in total. The van der Waals surface area contributed by atoms with E-state index in [2.05, 4.69) is 48.9 Å². The van der Waals surface area contributed by atoms with Gasteiger partial charge in [-0.2, -0.15) is 0 Å². The lowest BCUT2D eigenvalue weighted by molar-refractivity contribution is 0.457. The maximum Gasteiger partial charge on any atom is 0.106 e. The zero-order chi connectivity index (χ0) is 14.4. The molecule has 0 saturated heterocycles. The van der Waals surface area contributed by atoms with Gasteiger partial charge in [0.05, 0.1) is 0 Å². The number of halogens is 1. The van der Waals surface area contributed by atoms with Gasteiger partial charge in [-0.15, -0.1) is 0 Å². The minimum atomic E-state index is 0.388. The lowest BCUT2D eigenvalue weighted by atomic mass is 10.0. The lowest BCUT2D eigenvalue weighted by Crippen LogP contribution is -2.15. The van der Waals surface area contributed by atoms with Crippen molar-refractivity contribution in [1.29, 1.82) is 0 Å². The predicted molar refractivity (Wildman–Crippen MR) is 89.6 cm³/mol. The third-order valence-corrected chi connectivity index (χ3v) is 5.78. The minimum absolute atomic E-state index is 0.388. The van der Waals surface area contributed by atoms with E-state index in [1.165, 1.54) is 0 Å². The molecular weight excluding hydrogens is 320 g/mol. The van der Waals surface area contributed by atoms with E-state index in [4.69, 9.17) is 18.0 Å². The summed E-state index contributed by atoms with van der Waals surface area (Å²) in [6, 6.07) is 6.00. The van der Waals surface area contributed by atoms with Crippen LogP contribution in [0.1, 0.15) is 33.3 Å². The fraction of sp³-hybridized carbons (Fsp3) is 0.533. The SMILES string of the molecule is CC1(C)C(CNc2ccc(Br)cc2C(N)=S)C1(C)C. The van der Waals surface area contributed by atoms with Gasteiger partial charge in [0.1, 0.15) is 4.99 Å². The summed E-state index contributed by atoms with van der Waals surface area (Å²) < 4.78 is 0.993. The highest BCUT2D eigenvalue weighted by molar-refractivity contribution is 9.10. The van der Waals surface area contributed by atoms with Crippen molar-refractivity contribution in [2.45, 2.75) is 27.7 Å². The quantitative estimate of drug-likeness (QED) is 0.807. The summed E-state index contributed by atoms with van der Waals surface area (Å²) in [6.07, 6.45) is 0. The minimum Gasteiger partial charge on any atom is -0.389 e. The third kappa shape index (κ3) is 2.52. The van der Waals surface area contributed by atoms with Gasteiger partial charge in [0.25, 0.3) is 0 Å². The molecule has 1 saturated carbocycles. The molecule has 2 nitrogen and oxygen atoms in total. The van der Waals surface area contributed by atoms with Crippen LogP contribution >= 0.6 is 28.1 Å². The molecule has 19 heavy (non-hydrogen) atoms. The monoisotopic (exact) mass is 340 g/mol. The summed E-state index contributed by atoms with van der Waals surface area (Å²) in [5, 5.41) is 3.51. The first kappa shape index (κ1) is 14.8. The number of hydrogen-bond donors (Lipinski definition) is 2. The average molecular weight is 341 g/mol. The van der Waals surface area contributed by atoms with Crippen molar-refractivity contribution in [2.24, 2.45) is 22.5 Å². The first-order valence-electron chi connectivity index (χ1n) is 6.51. The van der Waals surface area contributed by atoms with E-state index in [0.29, 0.717) is 21.7 Å². The van der Waals surface area contributed by atoms with Crippen molar-refractivity contribution in [3.63, 3.8) is 0 Å². The second-order valence-electron chi connectivity index (χ2n) is 6.43. The molecule has 0 aliphatic heterocycles. The second-order valence-corrected chi connectivity index (χ2v) is 7.79. The summed E-state index contributed by atoms with van der Waals surface area (Å²) in [5.74, 6) is 0.669. The molecule has 0 atom stereocenters. The van der Waals surface area contributed by atoms with Gasteiger partial charge in [-0.25, -0.2) is 0 Å². The van der Waals surface area contributed by atoms with Crippen LogP contribution in [0.4, 0.5) is 5.69 Å². The van der Waals surface area contributed by atoms with Gasteiger partial charge < -0.3 is 11.1 Å². The van der Waals surface area contributed by atoms with E-state index in [1.54, 1.807) is 0 Å². The van der Waals surface area contributed by atoms with Crippen molar-refractivity contribution in [2.75, 3.05) is 11.9 Å². The van der Waals surface area contributed by atoms with Crippen LogP contribution in [0.2, 0.25) is 0 Å². The highest BCUT2D eigenvalue weighted by atomic mass is 79.9. The van der Waals surface area contributed by atoms with Crippen LogP contribution in [0.5, 0.6) is 0 Å². The molecule has 0 unspecified atom stereocenters. The van der Waals surface area contributed by atoms with Gasteiger partial charge in [-0.1, -0.05) is 55.8 Å². The molecule has 0 bridgehead atoms. The van der Waals surface area contributed by atoms with Crippen LogP contribution in [-0.2, 0) is 0 Å². The Labute approximate surface area is 129 Å². The number of nitrogens with two attached hydrogens (primary N) is 1. The average Bonchev–Trinajstić information content (AvgIpc) is 2.68. The van der Waals surface area contributed by atoms with Crippen molar-refractivity contribution < 1.29 is 0 Å². The van der Waals surface area contributed by atoms with Gasteiger partial charge in [-0.3, -0.25) is 0 Å². The molecule has 1 aromatic carbocycles. The van der Waals surface area contributed by atoms with E-state index in [0.717, 1.165) is 22.3 Å². The largest absolute Gasteiger partial charge is 0.389 e. The smallest absolute Gasteiger partial charge is 0.106 e. The van der Waals surface area contributed by atoms with Crippen LogP contribution in [0.15, 0.2) is 22.7 Å². The summed E-state index contributed by atoms with van der Waals surface area (Å²) >= 11 is 8.56. The molecule has 0 radical (unpaired) electrons. The van der Waals surface area contributed by atoms with Gasteiger partial charge in [0.15, 0.2) is 0 Å². The normalized spacial score (nSPS) is 20.1. The Morgan fingerprint density at radius 1 is 1.32 bits per heavy atom. The standard InChI is InChI=1S/C15H21BrN2S/c1-14(2)12(15(14,3)4)8-18-11-6-5-9(16)7-10(11)13(17)19/h5-7,12,18H,8H2,1-4H3,(H2,17,19). The fourth-order valence-electron chi connectivity index (χ4n) is 2.93. The summed E-state index contributed by atoms with van der Waals surface area (Å²) in [5.41, 5.74) is 8.48. The van der Waals surface area contributed by atoms with E-state index in [1.807, 2.05) is 18.2 Å². The molecule has 1 fully saturated rings. The van der Waals surface area contributed by atoms with Crippen LogP contribution < -0.4 is 11.1 Å². The van der Waals surface area contributed by atoms with E-state index < -0.39 is 0 Å². The van der Waals surface area contributed by atoms with Crippen LogP contribution in [0.3, 0.4) is 0 Å². The Balaban J connectivity index is 2.11. The van der Waals surface area contributed by atoms with Gasteiger partial charge >= 0.3 is 0 Å². The van der Waals surface area contributed by atoms with Crippen LogP contribution in [0.25, 0.3) is 0 Å². The zero-order valence-electron chi connectivity index (χ0n) is 11.9. The second kappa shape index (κ2) is 4.74. The maximum absolute atomic E-state index is 5.78. The summed E-state index contributed by atoms with van der Waals surface area (Å²) in [7, 11) is 0. The molecule has 4 heteroatoms. The van der Waals surface area contributed by atoms with Gasteiger partial charge in [0, 0.05) is 22.3 Å². The lowest BCUT2D eigenvalue weighted by Gasteiger charge is -2.12. The molecule has 1 aromatic rings. The number of benzene rings is 1. The number of thiocarbonyl (C=S) groups is 1. The van der Waals surface area contributed by atoms with Gasteiger partial charge in [-0.05, 0) is 34.9 Å². The molecule has 104 valence electrons. The van der Waals surface area contributed by atoms with E-state index in [9.17, 15) is 0 Å². The highest BCUT2D eigenvalue weighted by Crippen LogP contribution is 2.68. The topological polar surface area (TPSA) is 38.0 Å². The number of hydrogen-bond acceptors (Lipinski definition) is 2. The van der Waals surface area contributed by atoms with E-state index >= 15 is 0 Å². The fourth-order valence-corrected chi connectivity index (χ4v) is 3.46. The molecule has 2 rings (SSSR count). The Kier molecular flexibility index (Phi) is 3.69. The summed E-state index contributed by atoms with van der Waals surface area (Å²) in [6.45, 7) is 10.3. The number of nitrogens with one attached hydrogen (secondary N) is 1. The molecule has 1 aliphatic carbocycles. The molecule has 0 aromatic heterocycles. The first-order chi connectivity index (χ1) is 8.68. The molecule has 0 spiro atoms. The Bertz CT molecular complexity index is 509. The Morgan fingerprint density at radius 2 is 1.89 bits per heavy atom. The number of anilines is 1. The van der Waals surface area contributed by atoms with Crippen molar-refractivity contribution in [3.8, 4) is 0 Å². The third-order valence-electron chi connectivity index (χ3n) is 5.06. The maximum atomic E-state index is 5.78. The van der Waals surface area contributed by atoms with Gasteiger partial charge in [0.2, 0.25) is 0 Å². The van der Waals surface area contributed by atoms with Crippen LogP contribution in [-0.4, -0.2) is 11.5 Å². The Morgan fingerprint density at radius 3 is 2.37 bits per heavy atom. The van der Waals surface area contributed by atoms with Crippen molar-refractivity contribution in [1.82, 2.24) is 0 Å². The highest BCUT2D eigenvalue weighted by Gasteiger charge is 2.64. The summed E-state index contributed by atoms with van der Waals surface area (Å²) in [4.78, 5) is 0.429. The zero-order valence-corrected chi connectivity index (χ0v) is 14.3. The molecule has 0 heterocycles. The Hall–Kier alpha value is -0.610. The molecule has 1 aliphatic rings. The molecule has 0 amide bonds. The van der Waals surface area contributed by atoms with Crippen molar-refractivity contribution >= 4 is 38.8 Å². The van der Waals surface area contributed by atoms with Crippen molar-refractivity contribution in [3.05, 3.63) is 28.2 Å².